The molecule has 1 aliphatic carbocycles. The number of nitrogens with two attached hydrogens (primary N) is 1. The van der Waals surface area contributed by atoms with Gasteiger partial charge < -0.3 is 11.2 Å². The van der Waals surface area contributed by atoms with Crippen molar-refractivity contribution in [1.29, 1.82) is 0 Å². The number of benzene rings is 5. The first kappa shape index (κ1) is 26.0. The Labute approximate surface area is 246 Å². The highest BCUT2D eigenvalue weighted by Crippen LogP contribution is 2.36. The van der Waals surface area contributed by atoms with Crippen molar-refractivity contribution in [1.82, 2.24) is 9.99 Å². The molecule has 5 aromatic carbocycles. The minimum absolute atomic E-state index is 0.244. The van der Waals surface area contributed by atoms with Crippen molar-refractivity contribution in [2.75, 3.05) is 5.43 Å². The zero-order valence-electron chi connectivity index (χ0n) is 23.4. The average molecular weight is 547 g/mol. The predicted molar refractivity (Wildman–Crippen MR) is 176 cm³/mol. The van der Waals surface area contributed by atoms with Gasteiger partial charge in [0.2, 0.25) is 0 Å². The lowest BCUT2D eigenvalue weighted by molar-refractivity contribution is 0.464. The van der Waals surface area contributed by atoms with Gasteiger partial charge in [-0.25, -0.2) is 0 Å². The molecule has 6 aromatic rings. The first-order chi connectivity index (χ1) is 20.7. The fourth-order valence-electron chi connectivity index (χ4n) is 5.96. The Morgan fingerprint density at radius 1 is 0.643 bits per heavy atom. The second-order valence-electron chi connectivity index (χ2n) is 10.9. The zero-order chi connectivity index (χ0) is 28.3. The number of allylic oxidation sites excluding steroid dienone is 4. The van der Waals surface area contributed by atoms with Gasteiger partial charge in [-0.1, -0.05) is 133 Å². The smallest absolute Gasteiger partial charge is 0.119 e. The van der Waals surface area contributed by atoms with Gasteiger partial charge >= 0.3 is 0 Å². The third-order valence-corrected chi connectivity index (χ3v) is 8.20. The van der Waals surface area contributed by atoms with Crippen molar-refractivity contribution in [3.8, 4) is 11.1 Å². The number of nitrogens with one attached hydrogen (secondary N) is 2. The topological polar surface area (TPSA) is 55.0 Å². The van der Waals surface area contributed by atoms with E-state index in [-0.39, 0.29) is 12.3 Å². The molecule has 0 saturated carbocycles. The lowest BCUT2D eigenvalue weighted by Gasteiger charge is -2.27. The molecule has 4 heteroatoms. The normalized spacial score (nSPS) is 16.1. The van der Waals surface area contributed by atoms with Gasteiger partial charge in [-0.3, -0.25) is 9.99 Å². The first-order valence-corrected chi connectivity index (χ1v) is 14.6. The maximum absolute atomic E-state index is 6.72. The average Bonchev–Trinajstić information content (AvgIpc) is 3.37. The molecule has 3 unspecified atom stereocenters. The summed E-state index contributed by atoms with van der Waals surface area (Å²) in [4.78, 5) is 0. The summed E-state index contributed by atoms with van der Waals surface area (Å²) in [5, 5.41) is 6.11. The summed E-state index contributed by atoms with van der Waals surface area (Å²) in [6, 6.07) is 44.9. The number of hydrogen-bond acceptors (Lipinski definition) is 3. The van der Waals surface area contributed by atoms with Crippen LogP contribution in [0.15, 0.2) is 152 Å². The molecule has 4 N–H and O–H groups in total. The summed E-state index contributed by atoms with van der Waals surface area (Å²) >= 11 is 0. The van der Waals surface area contributed by atoms with E-state index in [0.717, 1.165) is 28.6 Å². The predicted octanol–water partition coefficient (Wildman–Crippen LogP) is 8.55. The maximum Gasteiger partial charge on any atom is 0.119 e. The summed E-state index contributed by atoms with van der Waals surface area (Å²) < 4.78 is 2.24. The third kappa shape index (κ3) is 5.14. The molecule has 42 heavy (non-hydrogen) atoms. The Morgan fingerprint density at radius 3 is 2.07 bits per heavy atom. The molecule has 0 spiro atoms. The Kier molecular flexibility index (Phi) is 7.15. The Hall–Kier alpha value is -4.90. The SMILES string of the molecule is NC(NC(Nn1c2ccc(C3C=CC=CC3)cc2c2ccc(-c3ccccc3)cc21)c1ccccc1)c1ccccc1. The Morgan fingerprint density at radius 2 is 1.36 bits per heavy atom. The van der Waals surface area contributed by atoms with Gasteiger partial charge in [0.25, 0.3) is 0 Å². The summed E-state index contributed by atoms with van der Waals surface area (Å²) in [6.45, 7) is 0. The molecule has 0 aliphatic heterocycles. The molecule has 206 valence electrons. The molecule has 0 amide bonds. The molecule has 3 atom stereocenters. The van der Waals surface area contributed by atoms with Crippen LogP contribution < -0.4 is 16.5 Å². The van der Waals surface area contributed by atoms with Crippen LogP contribution in [0, 0.1) is 0 Å². The van der Waals surface area contributed by atoms with Crippen molar-refractivity contribution in [2.24, 2.45) is 5.73 Å². The fourth-order valence-corrected chi connectivity index (χ4v) is 5.96. The maximum atomic E-state index is 6.72. The van der Waals surface area contributed by atoms with E-state index in [2.05, 4.69) is 143 Å². The summed E-state index contributed by atoms with van der Waals surface area (Å²) in [7, 11) is 0. The minimum atomic E-state index is -0.352. The van der Waals surface area contributed by atoms with E-state index >= 15 is 0 Å². The van der Waals surface area contributed by atoms with Crippen molar-refractivity contribution in [3.05, 3.63) is 168 Å². The van der Waals surface area contributed by atoms with Crippen LogP contribution in [0.5, 0.6) is 0 Å². The van der Waals surface area contributed by atoms with Gasteiger partial charge in [0.1, 0.15) is 6.17 Å². The van der Waals surface area contributed by atoms with Crippen LogP contribution in [0.4, 0.5) is 0 Å². The minimum Gasteiger partial charge on any atom is -0.312 e. The Bertz CT molecular complexity index is 1870. The quantitative estimate of drug-likeness (QED) is 0.168. The van der Waals surface area contributed by atoms with Gasteiger partial charge in [-0.15, -0.1) is 0 Å². The lowest BCUT2D eigenvalue weighted by Crippen LogP contribution is -2.39. The standard InChI is InChI=1S/C38H34N4/c39-37(29-17-9-3-10-18-29)40-38(30-19-11-4-12-20-30)41-42-35-24-22-31(27-13-5-1-6-14-27)25-34(35)33-23-21-32(26-36(33)42)28-15-7-2-8-16-28/h1-13,15-27,37-38,40-41H,14,39H2. The van der Waals surface area contributed by atoms with Crippen LogP contribution in [-0.4, -0.2) is 4.68 Å². The molecule has 0 saturated heterocycles. The van der Waals surface area contributed by atoms with Gasteiger partial charge in [0.05, 0.1) is 17.2 Å². The van der Waals surface area contributed by atoms with Crippen LogP contribution in [0.3, 0.4) is 0 Å². The van der Waals surface area contributed by atoms with E-state index < -0.39 is 0 Å². The monoisotopic (exact) mass is 546 g/mol. The van der Waals surface area contributed by atoms with Crippen LogP contribution in [-0.2, 0) is 0 Å². The Balaban J connectivity index is 1.37. The second-order valence-corrected chi connectivity index (χ2v) is 10.9. The van der Waals surface area contributed by atoms with Gasteiger partial charge in [-0.05, 0) is 52.4 Å². The molecule has 1 aromatic heterocycles. The lowest BCUT2D eigenvalue weighted by atomic mass is 9.91. The number of fused-ring (bicyclic) bond motifs is 3. The molecule has 7 rings (SSSR count). The fraction of sp³-hybridized carbons (Fsp3) is 0.105. The van der Waals surface area contributed by atoms with E-state index in [1.807, 2.05) is 24.3 Å². The van der Waals surface area contributed by atoms with Crippen LogP contribution >= 0.6 is 0 Å². The number of nitrogens with zero attached hydrogens (tertiary/aromatic N) is 1. The summed E-state index contributed by atoms with van der Waals surface area (Å²) in [5.41, 5.74) is 18.7. The summed E-state index contributed by atoms with van der Waals surface area (Å²) in [5.74, 6) is 0.386. The zero-order valence-corrected chi connectivity index (χ0v) is 23.4. The molecule has 4 nitrogen and oxygen atoms in total. The highest BCUT2D eigenvalue weighted by atomic mass is 15.5. The third-order valence-electron chi connectivity index (χ3n) is 8.20. The molecule has 0 fully saturated rings. The highest BCUT2D eigenvalue weighted by molar-refractivity contribution is 6.09. The van der Waals surface area contributed by atoms with Crippen molar-refractivity contribution in [2.45, 2.75) is 24.7 Å². The van der Waals surface area contributed by atoms with Crippen molar-refractivity contribution < 1.29 is 0 Å². The highest BCUT2D eigenvalue weighted by Gasteiger charge is 2.20. The number of hydrogen-bond donors (Lipinski definition) is 3. The van der Waals surface area contributed by atoms with E-state index in [0.29, 0.717) is 5.92 Å². The van der Waals surface area contributed by atoms with Crippen LogP contribution in [0.2, 0.25) is 0 Å². The van der Waals surface area contributed by atoms with Gasteiger partial charge in [0.15, 0.2) is 0 Å². The largest absolute Gasteiger partial charge is 0.312 e. The van der Waals surface area contributed by atoms with E-state index in [9.17, 15) is 0 Å². The van der Waals surface area contributed by atoms with Gasteiger partial charge in [-0.2, -0.15) is 0 Å². The molecule has 0 radical (unpaired) electrons. The van der Waals surface area contributed by atoms with Crippen LogP contribution in [0.1, 0.15) is 41.4 Å². The first-order valence-electron chi connectivity index (χ1n) is 14.6. The molecule has 0 bridgehead atoms. The van der Waals surface area contributed by atoms with Gasteiger partial charge in [0, 0.05) is 16.7 Å². The molecule has 1 heterocycles. The second kappa shape index (κ2) is 11.5. The van der Waals surface area contributed by atoms with E-state index in [1.54, 1.807) is 0 Å². The summed E-state index contributed by atoms with van der Waals surface area (Å²) in [6.07, 6.45) is 9.26. The van der Waals surface area contributed by atoms with Crippen molar-refractivity contribution in [3.63, 3.8) is 0 Å². The van der Waals surface area contributed by atoms with Crippen LogP contribution in [0.25, 0.3) is 32.9 Å². The van der Waals surface area contributed by atoms with E-state index in [4.69, 9.17) is 5.73 Å². The molecule has 1 aliphatic rings. The number of rotatable bonds is 8. The molecular weight excluding hydrogens is 512 g/mol. The number of aromatic nitrogens is 1. The van der Waals surface area contributed by atoms with Crippen molar-refractivity contribution >= 4 is 21.8 Å². The molecular formula is C38H34N4. The van der Waals surface area contributed by atoms with E-state index in [1.165, 1.54) is 27.5 Å².